The summed E-state index contributed by atoms with van der Waals surface area (Å²) in [5, 5.41) is 8.21. The highest BCUT2D eigenvalue weighted by Gasteiger charge is 2.30. The summed E-state index contributed by atoms with van der Waals surface area (Å²) < 4.78 is 22.4. The first-order valence-corrected chi connectivity index (χ1v) is 8.70. The first kappa shape index (κ1) is 19.7. The monoisotopic (exact) mass is 431 g/mol. The van der Waals surface area contributed by atoms with Gasteiger partial charge in [-0.25, -0.2) is 8.42 Å². The van der Waals surface area contributed by atoms with Gasteiger partial charge in [0.15, 0.2) is 15.8 Å². The van der Waals surface area contributed by atoms with E-state index in [2.05, 4.69) is 15.6 Å². The molecule has 1 rings (SSSR count). The van der Waals surface area contributed by atoms with E-state index in [0.717, 1.165) is 0 Å². The summed E-state index contributed by atoms with van der Waals surface area (Å²) in [6.45, 7) is 4.39. The van der Waals surface area contributed by atoms with E-state index in [1.54, 1.807) is 32.2 Å². The summed E-state index contributed by atoms with van der Waals surface area (Å²) in [5.41, 5.74) is 0. The van der Waals surface area contributed by atoms with E-state index >= 15 is 0 Å². The van der Waals surface area contributed by atoms with Crippen LogP contribution in [0.2, 0.25) is 0 Å². The summed E-state index contributed by atoms with van der Waals surface area (Å²) in [7, 11) is -1.44. The Labute approximate surface area is 142 Å². The maximum absolute atomic E-state index is 11.6. The summed E-state index contributed by atoms with van der Waals surface area (Å²) >= 11 is 1.66. The highest BCUT2D eigenvalue weighted by molar-refractivity contribution is 14.0. The standard InChI is InChI=1S/C12H21N3O2S2.HI/c1-12(2,19(4,16)17)9-15-11(13-3)14-8-10-6-5-7-18-10;/h5-7H,8-9H2,1-4H3,(H2,13,14,15);1H. The Morgan fingerprint density at radius 1 is 1.40 bits per heavy atom. The molecule has 0 aliphatic carbocycles. The summed E-state index contributed by atoms with van der Waals surface area (Å²) in [4.78, 5) is 5.28. The molecule has 0 radical (unpaired) electrons. The van der Waals surface area contributed by atoms with E-state index in [-0.39, 0.29) is 24.0 Å². The molecule has 116 valence electrons. The third-order valence-electron chi connectivity index (χ3n) is 2.92. The molecule has 0 unspecified atom stereocenters. The van der Waals surface area contributed by atoms with Crippen LogP contribution >= 0.6 is 35.3 Å². The zero-order valence-electron chi connectivity index (χ0n) is 12.1. The van der Waals surface area contributed by atoms with Crippen molar-refractivity contribution in [3.8, 4) is 0 Å². The molecule has 0 saturated carbocycles. The van der Waals surface area contributed by atoms with Gasteiger partial charge in [-0.1, -0.05) is 6.07 Å². The number of thiophene rings is 1. The smallest absolute Gasteiger partial charge is 0.191 e. The van der Waals surface area contributed by atoms with Crippen LogP contribution in [0, 0.1) is 0 Å². The van der Waals surface area contributed by atoms with Crippen LogP contribution in [0.3, 0.4) is 0 Å². The van der Waals surface area contributed by atoms with Gasteiger partial charge in [-0.05, 0) is 25.3 Å². The number of sulfone groups is 1. The fourth-order valence-electron chi connectivity index (χ4n) is 1.23. The predicted molar refractivity (Wildman–Crippen MR) is 96.9 cm³/mol. The number of nitrogens with one attached hydrogen (secondary N) is 2. The Kier molecular flexibility index (Phi) is 8.04. The highest BCUT2D eigenvalue weighted by atomic mass is 127. The molecule has 0 aliphatic heterocycles. The molecular formula is C12H22IN3O2S2. The molecule has 0 aliphatic rings. The van der Waals surface area contributed by atoms with E-state index in [9.17, 15) is 8.42 Å². The molecule has 2 N–H and O–H groups in total. The van der Waals surface area contributed by atoms with Gasteiger partial charge in [0, 0.05) is 24.7 Å². The molecule has 1 aromatic rings. The van der Waals surface area contributed by atoms with E-state index in [1.165, 1.54) is 11.1 Å². The Balaban J connectivity index is 0.00000361. The second kappa shape index (κ2) is 8.18. The molecule has 0 saturated heterocycles. The van der Waals surface area contributed by atoms with Crippen molar-refractivity contribution in [2.45, 2.75) is 25.1 Å². The molecule has 0 atom stereocenters. The molecule has 0 bridgehead atoms. The fourth-order valence-corrected chi connectivity index (χ4v) is 2.21. The second-order valence-electron chi connectivity index (χ2n) is 4.89. The highest BCUT2D eigenvalue weighted by Crippen LogP contribution is 2.13. The van der Waals surface area contributed by atoms with Crippen molar-refractivity contribution in [1.82, 2.24) is 10.6 Å². The first-order valence-electron chi connectivity index (χ1n) is 5.93. The average Bonchev–Trinajstić information content (AvgIpc) is 2.80. The number of aliphatic imine (C=N–C) groups is 1. The quantitative estimate of drug-likeness (QED) is 0.424. The van der Waals surface area contributed by atoms with Crippen LogP contribution in [0.4, 0.5) is 0 Å². The fraction of sp³-hybridized carbons (Fsp3) is 0.583. The zero-order chi connectivity index (χ0) is 14.5. The molecule has 8 heteroatoms. The van der Waals surface area contributed by atoms with Crippen molar-refractivity contribution >= 4 is 51.1 Å². The lowest BCUT2D eigenvalue weighted by atomic mass is 10.2. The normalized spacial score (nSPS) is 12.7. The van der Waals surface area contributed by atoms with Crippen LogP contribution in [-0.2, 0) is 16.4 Å². The third kappa shape index (κ3) is 5.96. The molecule has 1 heterocycles. The average molecular weight is 431 g/mol. The second-order valence-corrected chi connectivity index (χ2v) is 8.57. The van der Waals surface area contributed by atoms with Gasteiger partial charge < -0.3 is 10.6 Å². The van der Waals surface area contributed by atoms with Crippen LogP contribution in [0.15, 0.2) is 22.5 Å². The van der Waals surface area contributed by atoms with Gasteiger partial charge in [-0.2, -0.15) is 0 Å². The number of guanidine groups is 1. The van der Waals surface area contributed by atoms with Gasteiger partial charge >= 0.3 is 0 Å². The minimum absolute atomic E-state index is 0. The lowest BCUT2D eigenvalue weighted by Crippen LogP contribution is -2.47. The Morgan fingerprint density at radius 2 is 2.05 bits per heavy atom. The van der Waals surface area contributed by atoms with Crippen LogP contribution in [0.5, 0.6) is 0 Å². The van der Waals surface area contributed by atoms with Gasteiger partial charge in [0.2, 0.25) is 0 Å². The number of halogens is 1. The zero-order valence-corrected chi connectivity index (χ0v) is 16.1. The third-order valence-corrected chi connectivity index (χ3v) is 5.95. The van der Waals surface area contributed by atoms with Crippen molar-refractivity contribution in [2.75, 3.05) is 19.8 Å². The van der Waals surface area contributed by atoms with Crippen LogP contribution in [-0.4, -0.2) is 39.0 Å². The maximum Gasteiger partial charge on any atom is 0.191 e. The summed E-state index contributed by atoms with van der Waals surface area (Å²) in [6.07, 6.45) is 1.25. The number of hydrogen-bond acceptors (Lipinski definition) is 4. The van der Waals surface area contributed by atoms with E-state index < -0.39 is 14.6 Å². The SMILES string of the molecule is CN=C(NCc1cccs1)NCC(C)(C)S(C)(=O)=O.I. The Hall–Kier alpha value is -0.350. The first-order chi connectivity index (χ1) is 8.76. The number of nitrogens with zero attached hydrogens (tertiary/aromatic N) is 1. The predicted octanol–water partition coefficient (Wildman–Crippen LogP) is 1.85. The van der Waals surface area contributed by atoms with E-state index in [4.69, 9.17) is 0 Å². The Bertz CT molecular complexity index is 525. The summed E-state index contributed by atoms with van der Waals surface area (Å²) in [5.74, 6) is 0.602. The molecular weight excluding hydrogens is 409 g/mol. The van der Waals surface area contributed by atoms with Gasteiger partial charge in [0.1, 0.15) is 0 Å². The van der Waals surface area contributed by atoms with Crippen LogP contribution in [0.1, 0.15) is 18.7 Å². The van der Waals surface area contributed by atoms with Crippen molar-refractivity contribution in [2.24, 2.45) is 4.99 Å². The minimum Gasteiger partial charge on any atom is -0.355 e. The van der Waals surface area contributed by atoms with Gasteiger partial charge in [-0.3, -0.25) is 4.99 Å². The van der Waals surface area contributed by atoms with Gasteiger partial charge in [0.05, 0.1) is 11.3 Å². The maximum atomic E-state index is 11.6. The Morgan fingerprint density at radius 3 is 2.50 bits per heavy atom. The summed E-state index contributed by atoms with van der Waals surface area (Å²) in [6, 6.07) is 4.02. The largest absolute Gasteiger partial charge is 0.355 e. The lowest BCUT2D eigenvalue weighted by molar-refractivity contribution is 0.544. The molecule has 0 spiro atoms. The number of rotatable bonds is 5. The van der Waals surface area contributed by atoms with Crippen molar-refractivity contribution in [3.63, 3.8) is 0 Å². The van der Waals surface area contributed by atoms with Crippen molar-refractivity contribution in [3.05, 3.63) is 22.4 Å². The topological polar surface area (TPSA) is 70.6 Å². The van der Waals surface area contributed by atoms with Gasteiger partial charge in [0.25, 0.3) is 0 Å². The molecule has 5 nitrogen and oxygen atoms in total. The molecule has 0 amide bonds. The van der Waals surface area contributed by atoms with E-state index in [1.807, 2.05) is 17.5 Å². The molecule has 0 aromatic carbocycles. The molecule has 20 heavy (non-hydrogen) atoms. The van der Waals surface area contributed by atoms with Crippen LogP contribution < -0.4 is 10.6 Å². The van der Waals surface area contributed by atoms with Crippen molar-refractivity contribution < 1.29 is 8.42 Å². The molecule has 1 aromatic heterocycles. The lowest BCUT2D eigenvalue weighted by Gasteiger charge is -2.24. The van der Waals surface area contributed by atoms with Gasteiger partial charge in [-0.15, -0.1) is 35.3 Å². The van der Waals surface area contributed by atoms with E-state index in [0.29, 0.717) is 19.0 Å². The van der Waals surface area contributed by atoms with Crippen LogP contribution in [0.25, 0.3) is 0 Å². The van der Waals surface area contributed by atoms with Crippen molar-refractivity contribution in [1.29, 1.82) is 0 Å². The minimum atomic E-state index is -3.11. The molecule has 0 fully saturated rings. The number of hydrogen-bond donors (Lipinski definition) is 2.